The molecule has 0 amide bonds. The van der Waals surface area contributed by atoms with Gasteiger partial charge in [0.15, 0.2) is 0 Å². The van der Waals surface area contributed by atoms with Crippen LogP contribution >= 0.6 is 0 Å². The van der Waals surface area contributed by atoms with E-state index in [1.54, 1.807) is 0 Å². The molecule has 0 aliphatic heterocycles. The Kier molecular flexibility index (Phi) is 2.58. The minimum Gasteiger partial charge on any atom is -0.334 e. The van der Waals surface area contributed by atoms with E-state index in [0.29, 0.717) is 0 Å². The summed E-state index contributed by atoms with van der Waals surface area (Å²) in [5.74, 6) is 0. The molecule has 2 nitrogen and oxygen atoms in total. The number of nitrogens with zero attached hydrogens (tertiary/aromatic N) is 2. The Morgan fingerprint density at radius 3 is 2.12 bits per heavy atom. The van der Waals surface area contributed by atoms with Gasteiger partial charge in [-0.05, 0) is 16.5 Å². The molecule has 16 heavy (non-hydrogen) atoms. The van der Waals surface area contributed by atoms with Crippen LogP contribution in [-0.4, -0.2) is 9.55 Å². The second-order valence-electron chi connectivity index (χ2n) is 5.22. The van der Waals surface area contributed by atoms with Gasteiger partial charge in [-0.15, -0.1) is 0 Å². The van der Waals surface area contributed by atoms with Gasteiger partial charge < -0.3 is 4.57 Å². The Morgan fingerprint density at radius 1 is 1.06 bits per heavy atom. The van der Waals surface area contributed by atoms with Gasteiger partial charge in [-0.2, -0.15) is 0 Å². The summed E-state index contributed by atoms with van der Waals surface area (Å²) in [4.78, 5) is 4.13. The molecule has 0 N–H and O–H groups in total. The van der Waals surface area contributed by atoms with E-state index in [2.05, 4.69) is 50.0 Å². The minimum atomic E-state index is 0.213. The third-order valence-electron chi connectivity index (χ3n) is 2.86. The maximum atomic E-state index is 4.13. The quantitative estimate of drug-likeness (QED) is 0.711. The molecular weight excluding hydrogens is 196 g/mol. The zero-order chi connectivity index (χ0) is 11.8. The van der Waals surface area contributed by atoms with Gasteiger partial charge >= 0.3 is 0 Å². The predicted octanol–water partition coefficient (Wildman–Crippen LogP) is 3.38. The number of aromatic nitrogens is 2. The standard InChI is InChI=1S/C14H18N2/c1-14(2,3)12-7-5-11(6-8-12)13-9-15-10-16(13)4/h5-10H,1-4H3. The number of hydrogen-bond acceptors (Lipinski definition) is 1. The average Bonchev–Trinajstić information content (AvgIpc) is 2.63. The van der Waals surface area contributed by atoms with Crippen molar-refractivity contribution in [2.45, 2.75) is 26.2 Å². The summed E-state index contributed by atoms with van der Waals surface area (Å²) in [6.07, 6.45) is 3.72. The zero-order valence-corrected chi connectivity index (χ0v) is 10.4. The van der Waals surface area contributed by atoms with Crippen molar-refractivity contribution in [3.05, 3.63) is 42.4 Å². The van der Waals surface area contributed by atoms with Gasteiger partial charge in [0, 0.05) is 7.05 Å². The van der Waals surface area contributed by atoms with Crippen LogP contribution in [0.1, 0.15) is 26.3 Å². The number of imidazole rings is 1. The lowest BCUT2D eigenvalue weighted by atomic mass is 9.86. The minimum absolute atomic E-state index is 0.213. The van der Waals surface area contributed by atoms with Gasteiger partial charge in [0.25, 0.3) is 0 Å². The fraction of sp³-hybridized carbons (Fsp3) is 0.357. The van der Waals surface area contributed by atoms with Gasteiger partial charge in [-0.25, -0.2) is 4.98 Å². The first-order valence-electron chi connectivity index (χ1n) is 5.56. The van der Waals surface area contributed by atoms with Crippen molar-refractivity contribution < 1.29 is 0 Å². The Bertz CT molecular complexity index is 472. The van der Waals surface area contributed by atoms with Crippen molar-refractivity contribution >= 4 is 0 Å². The highest BCUT2D eigenvalue weighted by Gasteiger charge is 2.13. The lowest BCUT2D eigenvalue weighted by Crippen LogP contribution is -2.10. The molecule has 2 aromatic rings. The summed E-state index contributed by atoms with van der Waals surface area (Å²) >= 11 is 0. The van der Waals surface area contributed by atoms with Crippen LogP contribution < -0.4 is 0 Å². The molecule has 2 rings (SSSR count). The van der Waals surface area contributed by atoms with Crippen LogP contribution in [0.2, 0.25) is 0 Å². The summed E-state index contributed by atoms with van der Waals surface area (Å²) in [7, 11) is 2.01. The van der Waals surface area contributed by atoms with Gasteiger partial charge in [0.1, 0.15) is 0 Å². The van der Waals surface area contributed by atoms with Crippen molar-refractivity contribution in [1.82, 2.24) is 9.55 Å². The highest BCUT2D eigenvalue weighted by molar-refractivity contribution is 5.59. The zero-order valence-electron chi connectivity index (χ0n) is 10.4. The highest BCUT2D eigenvalue weighted by Crippen LogP contribution is 2.25. The van der Waals surface area contributed by atoms with E-state index in [9.17, 15) is 0 Å². The van der Waals surface area contributed by atoms with Crippen molar-refractivity contribution in [3.63, 3.8) is 0 Å². The van der Waals surface area contributed by atoms with Crippen molar-refractivity contribution in [2.24, 2.45) is 7.05 Å². The van der Waals surface area contributed by atoms with Crippen LogP contribution in [0.4, 0.5) is 0 Å². The van der Waals surface area contributed by atoms with E-state index in [1.165, 1.54) is 11.1 Å². The second-order valence-corrected chi connectivity index (χ2v) is 5.22. The van der Waals surface area contributed by atoms with Crippen LogP contribution in [0, 0.1) is 0 Å². The fourth-order valence-electron chi connectivity index (χ4n) is 1.78. The first-order chi connectivity index (χ1) is 7.48. The van der Waals surface area contributed by atoms with Crippen molar-refractivity contribution in [3.8, 4) is 11.3 Å². The first-order valence-corrected chi connectivity index (χ1v) is 5.56. The molecule has 0 atom stereocenters. The maximum absolute atomic E-state index is 4.13. The molecule has 0 saturated heterocycles. The molecule has 0 spiro atoms. The summed E-state index contributed by atoms with van der Waals surface area (Å²) in [6.45, 7) is 6.68. The Morgan fingerprint density at radius 2 is 1.69 bits per heavy atom. The van der Waals surface area contributed by atoms with E-state index in [4.69, 9.17) is 0 Å². The van der Waals surface area contributed by atoms with Gasteiger partial charge in [0.2, 0.25) is 0 Å². The number of benzene rings is 1. The molecule has 0 unspecified atom stereocenters. The SMILES string of the molecule is Cn1cncc1-c1ccc(C(C)(C)C)cc1. The molecule has 0 bridgehead atoms. The lowest BCUT2D eigenvalue weighted by molar-refractivity contribution is 0.590. The van der Waals surface area contributed by atoms with Gasteiger partial charge in [-0.1, -0.05) is 45.0 Å². The Hall–Kier alpha value is -1.57. The molecule has 0 aliphatic carbocycles. The summed E-state index contributed by atoms with van der Waals surface area (Å²) in [5.41, 5.74) is 3.94. The first kappa shape index (κ1) is 10.9. The van der Waals surface area contributed by atoms with Crippen LogP contribution in [0.5, 0.6) is 0 Å². The summed E-state index contributed by atoms with van der Waals surface area (Å²) in [5, 5.41) is 0. The van der Waals surface area contributed by atoms with Crippen LogP contribution in [0.3, 0.4) is 0 Å². The fourth-order valence-corrected chi connectivity index (χ4v) is 1.78. The molecule has 1 heterocycles. The van der Waals surface area contributed by atoms with Gasteiger partial charge in [0.05, 0.1) is 18.2 Å². The molecule has 1 aromatic heterocycles. The average molecular weight is 214 g/mol. The summed E-state index contributed by atoms with van der Waals surface area (Å²) < 4.78 is 2.03. The van der Waals surface area contributed by atoms with E-state index in [0.717, 1.165) is 5.69 Å². The molecule has 1 aromatic carbocycles. The monoisotopic (exact) mass is 214 g/mol. The third-order valence-corrected chi connectivity index (χ3v) is 2.86. The number of rotatable bonds is 1. The number of aryl methyl sites for hydroxylation is 1. The Balaban J connectivity index is 2.37. The van der Waals surface area contributed by atoms with Crippen LogP contribution in [0.15, 0.2) is 36.8 Å². The maximum Gasteiger partial charge on any atom is 0.0948 e. The Labute approximate surface area is 97.0 Å². The van der Waals surface area contributed by atoms with E-state index >= 15 is 0 Å². The predicted molar refractivity (Wildman–Crippen MR) is 67.3 cm³/mol. The topological polar surface area (TPSA) is 17.8 Å². The molecule has 0 fully saturated rings. The molecule has 0 aliphatic rings. The second kappa shape index (κ2) is 3.78. The van der Waals surface area contributed by atoms with Crippen LogP contribution in [-0.2, 0) is 12.5 Å². The van der Waals surface area contributed by atoms with E-state index < -0.39 is 0 Å². The molecule has 2 heteroatoms. The molecule has 0 radical (unpaired) electrons. The normalized spacial score (nSPS) is 11.8. The highest BCUT2D eigenvalue weighted by atomic mass is 15.0. The smallest absolute Gasteiger partial charge is 0.0948 e. The van der Waals surface area contributed by atoms with Crippen LogP contribution in [0.25, 0.3) is 11.3 Å². The van der Waals surface area contributed by atoms with Crippen molar-refractivity contribution in [2.75, 3.05) is 0 Å². The largest absolute Gasteiger partial charge is 0.334 e. The third kappa shape index (κ3) is 2.01. The van der Waals surface area contributed by atoms with Crippen molar-refractivity contribution in [1.29, 1.82) is 0 Å². The van der Waals surface area contributed by atoms with E-state index in [1.807, 2.05) is 24.1 Å². The number of hydrogen-bond donors (Lipinski definition) is 0. The molecular formula is C14H18N2. The molecule has 84 valence electrons. The summed E-state index contributed by atoms with van der Waals surface area (Å²) in [6, 6.07) is 8.72. The lowest BCUT2D eigenvalue weighted by Gasteiger charge is -2.19. The molecule has 0 saturated carbocycles. The van der Waals surface area contributed by atoms with E-state index in [-0.39, 0.29) is 5.41 Å². The van der Waals surface area contributed by atoms with Gasteiger partial charge in [-0.3, -0.25) is 0 Å².